The largest absolute Gasteiger partial charge is 0.391 e. The number of aromatic nitrogens is 2. The standard InChI is InChI=1S/C20H27N3O2/c1-15-5-7-17(8-6-15)12-18-19(24)4-3-10-23(18)20(25)9-11-22-14-16(2)13-21-22/h5-8,13-14,18-19,24H,3-4,9-12H2,1-2H3/t18-,19-/m0/s1. The van der Waals surface area contributed by atoms with Gasteiger partial charge in [-0.15, -0.1) is 0 Å². The van der Waals surface area contributed by atoms with Crippen molar-refractivity contribution in [3.8, 4) is 0 Å². The lowest BCUT2D eigenvalue weighted by molar-refractivity contribution is -0.139. The lowest BCUT2D eigenvalue weighted by atomic mass is 9.92. The van der Waals surface area contributed by atoms with Gasteiger partial charge < -0.3 is 10.0 Å². The molecule has 1 N–H and O–H groups in total. The molecule has 0 unspecified atom stereocenters. The van der Waals surface area contributed by atoms with Crippen LogP contribution in [0.15, 0.2) is 36.7 Å². The molecule has 0 spiro atoms. The molecule has 1 aromatic heterocycles. The third-order valence-corrected chi connectivity index (χ3v) is 4.95. The summed E-state index contributed by atoms with van der Waals surface area (Å²) in [5.74, 6) is 0.101. The van der Waals surface area contributed by atoms with E-state index >= 15 is 0 Å². The minimum atomic E-state index is -0.453. The molecule has 0 radical (unpaired) electrons. The van der Waals surface area contributed by atoms with E-state index in [9.17, 15) is 9.90 Å². The number of piperidine rings is 1. The molecule has 1 fully saturated rings. The monoisotopic (exact) mass is 341 g/mol. The lowest BCUT2D eigenvalue weighted by Gasteiger charge is -2.39. The van der Waals surface area contributed by atoms with Crippen LogP contribution in [0.2, 0.25) is 0 Å². The second-order valence-corrected chi connectivity index (χ2v) is 7.08. The summed E-state index contributed by atoms with van der Waals surface area (Å²) in [5, 5.41) is 14.7. The van der Waals surface area contributed by atoms with Gasteiger partial charge in [0.05, 0.1) is 18.3 Å². The number of amides is 1. The van der Waals surface area contributed by atoms with Gasteiger partial charge in [0.15, 0.2) is 0 Å². The van der Waals surface area contributed by atoms with Gasteiger partial charge in [0, 0.05) is 25.7 Å². The molecule has 2 atom stereocenters. The highest BCUT2D eigenvalue weighted by Crippen LogP contribution is 2.22. The Morgan fingerprint density at radius 2 is 2.00 bits per heavy atom. The second-order valence-electron chi connectivity index (χ2n) is 7.08. The van der Waals surface area contributed by atoms with Crippen LogP contribution < -0.4 is 0 Å². The van der Waals surface area contributed by atoms with Crippen molar-refractivity contribution in [2.75, 3.05) is 6.54 Å². The van der Waals surface area contributed by atoms with E-state index in [0.717, 1.165) is 30.5 Å². The molecule has 25 heavy (non-hydrogen) atoms. The van der Waals surface area contributed by atoms with Crippen molar-refractivity contribution in [2.45, 2.75) is 58.2 Å². The molecule has 3 rings (SSSR count). The van der Waals surface area contributed by atoms with E-state index in [1.54, 1.807) is 6.20 Å². The van der Waals surface area contributed by atoms with E-state index in [0.29, 0.717) is 19.4 Å². The first-order valence-electron chi connectivity index (χ1n) is 9.05. The van der Waals surface area contributed by atoms with Crippen LogP contribution in [-0.4, -0.2) is 44.4 Å². The normalized spacial score (nSPS) is 20.7. The molecule has 1 aromatic carbocycles. The molecule has 0 saturated carbocycles. The highest BCUT2D eigenvalue weighted by Gasteiger charge is 2.32. The topological polar surface area (TPSA) is 58.4 Å². The van der Waals surface area contributed by atoms with Crippen LogP contribution in [0.1, 0.15) is 36.0 Å². The zero-order valence-corrected chi connectivity index (χ0v) is 15.1. The summed E-state index contributed by atoms with van der Waals surface area (Å²) >= 11 is 0. The van der Waals surface area contributed by atoms with Crippen LogP contribution in [0.5, 0.6) is 0 Å². The van der Waals surface area contributed by atoms with E-state index in [1.165, 1.54) is 5.56 Å². The summed E-state index contributed by atoms with van der Waals surface area (Å²) in [4.78, 5) is 14.6. The molecule has 134 valence electrons. The SMILES string of the molecule is Cc1ccc(C[C@H]2[C@@H](O)CCCN2C(=O)CCn2cc(C)cn2)cc1. The summed E-state index contributed by atoms with van der Waals surface area (Å²) < 4.78 is 1.81. The van der Waals surface area contributed by atoms with Crippen molar-refractivity contribution in [2.24, 2.45) is 0 Å². The fourth-order valence-corrected chi connectivity index (χ4v) is 3.50. The van der Waals surface area contributed by atoms with Gasteiger partial charge in [0.2, 0.25) is 5.91 Å². The highest BCUT2D eigenvalue weighted by atomic mass is 16.3. The molecule has 2 aromatic rings. The summed E-state index contributed by atoms with van der Waals surface area (Å²) in [7, 11) is 0. The van der Waals surface area contributed by atoms with Crippen LogP contribution >= 0.6 is 0 Å². The van der Waals surface area contributed by atoms with Crippen LogP contribution in [-0.2, 0) is 17.8 Å². The number of rotatable bonds is 5. The molecule has 1 amide bonds. The van der Waals surface area contributed by atoms with Gasteiger partial charge >= 0.3 is 0 Å². The molecular formula is C20H27N3O2. The number of aliphatic hydroxyl groups is 1. The number of nitrogens with zero attached hydrogens (tertiary/aromatic N) is 3. The van der Waals surface area contributed by atoms with Gasteiger partial charge in [-0.25, -0.2) is 0 Å². The van der Waals surface area contributed by atoms with Crippen LogP contribution in [0, 0.1) is 13.8 Å². The smallest absolute Gasteiger partial charge is 0.224 e. The van der Waals surface area contributed by atoms with E-state index in [2.05, 4.69) is 36.3 Å². The number of aliphatic hydroxyl groups excluding tert-OH is 1. The van der Waals surface area contributed by atoms with Crippen molar-refractivity contribution in [3.05, 3.63) is 53.3 Å². The van der Waals surface area contributed by atoms with Crippen LogP contribution in [0.3, 0.4) is 0 Å². The number of benzene rings is 1. The van der Waals surface area contributed by atoms with Crippen molar-refractivity contribution in [1.29, 1.82) is 0 Å². The third-order valence-electron chi connectivity index (χ3n) is 4.95. The second kappa shape index (κ2) is 7.83. The number of hydrogen-bond acceptors (Lipinski definition) is 3. The van der Waals surface area contributed by atoms with Crippen LogP contribution in [0.25, 0.3) is 0 Å². The molecule has 1 aliphatic rings. The maximum absolute atomic E-state index is 12.8. The summed E-state index contributed by atoms with van der Waals surface area (Å²) in [6, 6.07) is 8.20. The number of likely N-dealkylation sites (tertiary alicyclic amines) is 1. The van der Waals surface area contributed by atoms with Crippen molar-refractivity contribution in [3.63, 3.8) is 0 Å². The molecule has 1 aliphatic heterocycles. The average Bonchev–Trinajstić information content (AvgIpc) is 3.02. The maximum Gasteiger partial charge on any atom is 0.224 e. The Bertz CT molecular complexity index is 708. The van der Waals surface area contributed by atoms with E-state index < -0.39 is 6.10 Å². The van der Waals surface area contributed by atoms with E-state index in [-0.39, 0.29) is 11.9 Å². The van der Waals surface area contributed by atoms with Crippen LogP contribution in [0.4, 0.5) is 0 Å². The van der Waals surface area contributed by atoms with Crippen molar-refractivity contribution < 1.29 is 9.90 Å². The fraction of sp³-hybridized carbons (Fsp3) is 0.500. The number of hydrogen-bond donors (Lipinski definition) is 1. The zero-order chi connectivity index (χ0) is 17.8. The maximum atomic E-state index is 12.8. The molecule has 2 heterocycles. The molecule has 0 aliphatic carbocycles. The molecule has 5 nitrogen and oxygen atoms in total. The first-order chi connectivity index (χ1) is 12.0. The van der Waals surface area contributed by atoms with E-state index in [1.807, 2.05) is 22.7 Å². The third kappa shape index (κ3) is 4.48. The van der Waals surface area contributed by atoms with Gasteiger partial charge in [-0.3, -0.25) is 9.48 Å². The fourth-order valence-electron chi connectivity index (χ4n) is 3.50. The molecule has 5 heteroatoms. The Morgan fingerprint density at radius 1 is 1.24 bits per heavy atom. The van der Waals surface area contributed by atoms with Gasteiger partial charge in [-0.05, 0) is 44.2 Å². The van der Waals surface area contributed by atoms with Crippen molar-refractivity contribution in [1.82, 2.24) is 14.7 Å². The minimum absolute atomic E-state index is 0.101. The first kappa shape index (κ1) is 17.7. The molecular weight excluding hydrogens is 314 g/mol. The Kier molecular flexibility index (Phi) is 5.53. The lowest BCUT2D eigenvalue weighted by Crippen LogP contribution is -2.52. The Morgan fingerprint density at radius 3 is 2.68 bits per heavy atom. The van der Waals surface area contributed by atoms with E-state index in [4.69, 9.17) is 0 Å². The molecule has 0 bridgehead atoms. The predicted molar refractivity (Wildman–Crippen MR) is 97.2 cm³/mol. The Hall–Kier alpha value is -2.14. The number of aryl methyl sites for hydroxylation is 3. The highest BCUT2D eigenvalue weighted by molar-refractivity contribution is 5.76. The average molecular weight is 341 g/mol. The predicted octanol–water partition coefficient (Wildman–Crippen LogP) is 2.48. The zero-order valence-electron chi connectivity index (χ0n) is 15.1. The Labute approximate surface area is 149 Å². The van der Waals surface area contributed by atoms with Gasteiger partial charge in [-0.1, -0.05) is 29.8 Å². The summed E-state index contributed by atoms with van der Waals surface area (Å²) in [5.41, 5.74) is 3.48. The number of carbonyl (C=O) groups is 1. The minimum Gasteiger partial charge on any atom is -0.391 e. The van der Waals surface area contributed by atoms with Gasteiger partial charge in [0.25, 0.3) is 0 Å². The van der Waals surface area contributed by atoms with Gasteiger partial charge in [0.1, 0.15) is 0 Å². The Balaban J connectivity index is 1.65. The van der Waals surface area contributed by atoms with Gasteiger partial charge in [-0.2, -0.15) is 5.10 Å². The first-order valence-corrected chi connectivity index (χ1v) is 9.05. The van der Waals surface area contributed by atoms with Crippen molar-refractivity contribution >= 4 is 5.91 Å². The summed E-state index contributed by atoms with van der Waals surface area (Å²) in [6.45, 7) is 5.36. The quantitative estimate of drug-likeness (QED) is 0.909. The summed E-state index contributed by atoms with van der Waals surface area (Å²) in [6.07, 6.45) is 6.03. The molecule has 1 saturated heterocycles. The number of carbonyl (C=O) groups excluding carboxylic acids is 1.